The lowest BCUT2D eigenvalue weighted by Gasteiger charge is -2.14. The molecule has 8 heteroatoms. The number of ether oxygens (including phenoxy) is 1. The first-order valence-electron chi connectivity index (χ1n) is 8.83. The van der Waals surface area contributed by atoms with Crippen molar-refractivity contribution in [2.24, 2.45) is 4.99 Å². The molecule has 0 aliphatic heterocycles. The van der Waals surface area contributed by atoms with Crippen LogP contribution >= 0.6 is 24.0 Å². The van der Waals surface area contributed by atoms with Crippen molar-refractivity contribution < 1.29 is 9.26 Å². The minimum Gasteiger partial charge on any atom is -0.494 e. The van der Waals surface area contributed by atoms with Gasteiger partial charge in [0.25, 0.3) is 0 Å². The number of aliphatic imine (C=N–C) groups is 1. The number of benzene rings is 1. The van der Waals surface area contributed by atoms with Crippen molar-refractivity contribution in [3.8, 4) is 5.75 Å². The summed E-state index contributed by atoms with van der Waals surface area (Å²) in [6.45, 7) is 11.8. The molecule has 0 aliphatic rings. The summed E-state index contributed by atoms with van der Waals surface area (Å²) in [4.78, 5) is 8.65. The number of halogens is 1. The second-order valence-electron chi connectivity index (χ2n) is 7.09. The Bertz CT molecular complexity index is 753. The van der Waals surface area contributed by atoms with Gasteiger partial charge in [-0.25, -0.2) is 0 Å². The number of aromatic nitrogens is 2. The van der Waals surface area contributed by atoms with Gasteiger partial charge in [-0.3, -0.25) is 4.99 Å². The lowest BCUT2D eigenvalue weighted by molar-refractivity contribution is 0.318. The van der Waals surface area contributed by atoms with Gasteiger partial charge in [0.05, 0.1) is 13.2 Å². The normalized spacial score (nSPS) is 11.7. The first kappa shape index (κ1) is 23.2. The van der Waals surface area contributed by atoms with Crippen molar-refractivity contribution in [1.29, 1.82) is 0 Å². The van der Waals surface area contributed by atoms with Crippen LogP contribution in [0.5, 0.6) is 5.75 Å². The third-order valence-corrected chi connectivity index (χ3v) is 3.72. The molecule has 2 aromatic rings. The highest BCUT2D eigenvalue weighted by molar-refractivity contribution is 14.0. The smallest absolute Gasteiger partial charge is 0.232 e. The van der Waals surface area contributed by atoms with Crippen LogP contribution in [0.4, 0.5) is 0 Å². The molecule has 2 N–H and O–H groups in total. The molecule has 1 aromatic heterocycles. The van der Waals surface area contributed by atoms with Gasteiger partial charge in [-0.2, -0.15) is 4.98 Å². The van der Waals surface area contributed by atoms with Crippen LogP contribution in [0.25, 0.3) is 0 Å². The molecule has 0 saturated heterocycles. The Kier molecular flexibility index (Phi) is 9.01. The monoisotopic (exact) mass is 487 g/mol. The molecule has 1 heterocycles. The van der Waals surface area contributed by atoms with Crippen LogP contribution in [0, 0.1) is 6.92 Å². The summed E-state index contributed by atoms with van der Waals surface area (Å²) >= 11 is 0. The van der Waals surface area contributed by atoms with E-state index >= 15 is 0 Å². The highest BCUT2D eigenvalue weighted by Crippen LogP contribution is 2.20. The van der Waals surface area contributed by atoms with Crippen LogP contribution in [-0.2, 0) is 18.5 Å². The van der Waals surface area contributed by atoms with Crippen LogP contribution in [-0.4, -0.2) is 29.8 Å². The summed E-state index contributed by atoms with van der Waals surface area (Å²) in [5.74, 6) is 2.78. The lowest BCUT2D eigenvalue weighted by Crippen LogP contribution is -2.36. The predicted octanol–water partition coefficient (Wildman–Crippen LogP) is 3.56. The molecule has 27 heavy (non-hydrogen) atoms. The van der Waals surface area contributed by atoms with Gasteiger partial charge in [0.2, 0.25) is 5.89 Å². The number of guanidine groups is 1. The van der Waals surface area contributed by atoms with Crippen molar-refractivity contribution in [3.63, 3.8) is 0 Å². The van der Waals surface area contributed by atoms with E-state index in [1.807, 2.05) is 33.8 Å². The average Bonchev–Trinajstić information content (AvgIpc) is 3.06. The van der Waals surface area contributed by atoms with Gasteiger partial charge < -0.3 is 19.9 Å². The highest BCUT2D eigenvalue weighted by atomic mass is 127. The zero-order valence-corrected chi connectivity index (χ0v) is 19.3. The number of hydrogen-bond donors (Lipinski definition) is 2. The number of rotatable bonds is 6. The van der Waals surface area contributed by atoms with Gasteiger partial charge in [0, 0.05) is 24.6 Å². The number of hydrogen-bond acceptors (Lipinski definition) is 5. The van der Waals surface area contributed by atoms with E-state index in [-0.39, 0.29) is 29.4 Å². The third kappa shape index (κ3) is 7.00. The Labute approximate surface area is 178 Å². The van der Waals surface area contributed by atoms with Crippen molar-refractivity contribution in [3.05, 3.63) is 41.0 Å². The average molecular weight is 487 g/mol. The van der Waals surface area contributed by atoms with Crippen LogP contribution in [0.1, 0.15) is 50.5 Å². The van der Waals surface area contributed by atoms with Crippen molar-refractivity contribution in [2.45, 2.75) is 53.1 Å². The van der Waals surface area contributed by atoms with Crippen molar-refractivity contribution >= 4 is 29.9 Å². The molecule has 0 atom stereocenters. The van der Waals surface area contributed by atoms with Crippen LogP contribution < -0.4 is 15.4 Å². The summed E-state index contributed by atoms with van der Waals surface area (Å²) in [6.07, 6.45) is 0. The quantitative estimate of drug-likeness (QED) is 0.369. The molecule has 2 rings (SSSR count). The van der Waals surface area contributed by atoms with Gasteiger partial charge in [-0.05, 0) is 25.5 Å². The molecule has 0 fully saturated rings. The Hall–Kier alpha value is -1.84. The largest absolute Gasteiger partial charge is 0.494 e. The molecule has 150 valence electrons. The summed E-state index contributed by atoms with van der Waals surface area (Å²) in [7, 11) is 1.73. The van der Waals surface area contributed by atoms with Crippen molar-refractivity contribution in [2.75, 3.05) is 13.7 Å². The molecule has 0 aliphatic carbocycles. The Balaban J connectivity index is 0.00000364. The van der Waals surface area contributed by atoms with E-state index in [4.69, 9.17) is 9.26 Å². The van der Waals surface area contributed by atoms with E-state index in [9.17, 15) is 0 Å². The number of nitrogens with zero attached hydrogens (tertiary/aromatic N) is 3. The second kappa shape index (κ2) is 10.5. The van der Waals surface area contributed by atoms with E-state index in [0.717, 1.165) is 11.3 Å². The molecule has 0 spiro atoms. The van der Waals surface area contributed by atoms with Crippen molar-refractivity contribution in [1.82, 2.24) is 20.8 Å². The lowest BCUT2D eigenvalue weighted by atomic mass is 9.97. The molecular weight excluding hydrogens is 457 g/mol. The van der Waals surface area contributed by atoms with Gasteiger partial charge in [-0.1, -0.05) is 38.1 Å². The Morgan fingerprint density at radius 2 is 1.93 bits per heavy atom. The van der Waals surface area contributed by atoms with Crippen LogP contribution in [0.3, 0.4) is 0 Å². The fraction of sp³-hybridized carbons (Fsp3) is 0.526. The fourth-order valence-corrected chi connectivity index (χ4v) is 2.29. The standard InChI is InChI=1S/C19H29N5O2.HI/c1-7-25-15-10-13(2)8-9-14(15)11-21-18(20-6)22-12-16-23-17(26-24-16)19(3,4)5;/h8-10H,7,11-12H2,1-6H3,(H2,20,21,22);1H. The van der Waals surface area contributed by atoms with Gasteiger partial charge in [-0.15, -0.1) is 24.0 Å². The maximum atomic E-state index is 5.71. The van der Waals surface area contributed by atoms with Crippen LogP contribution in [0.2, 0.25) is 0 Å². The molecule has 0 bridgehead atoms. The number of nitrogens with one attached hydrogen (secondary N) is 2. The summed E-state index contributed by atoms with van der Waals surface area (Å²) in [5.41, 5.74) is 2.09. The Morgan fingerprint density at radius 3 is 2.52 bits per heavy atom. The summed E-state index contributed by atoms with van der Waals surface area (Å²) in [5, 5.41) is 10.5. The fourth-order valence-electron chi connectivity index (χ4n) is 2.29. The zero-order valence-electron chi connectivity index (χ0n) is 16.9. The zero-order chi connectivity index (χ0) is 19.2. The van der Waals surface area contributed by atoms with E-state index in [0.29, 0.717) is 37.4 Å². The SMILES string of the molecule is CCOc1cc(C)ccc1CNC(=NC)NCc1noc(C(C)(C)C)n1.I. The Morgan fingerprint density at radius 1 is 1.22 bits per heavy atom. The molecule has 0 amide bonds. The van der Waals surface area contributed by atoms with E-state index in [2.05, 4.69) is 44.8 Å². The predicted molar refractivity (Wildman–Crippen MR) is 118 cm³/mol. The summed E-state index contributed by atoms with van der Waals surface area (Å²) < 4.78 is 11.0. The third-order valence-electron chi connectivity index (χ3n) is 3.72. The summed E-state index contributed by atoms with van der Waals surface area (Å²) in [6, 6.07) is 6.18. The van der Waals surface area contributed by atoms with E-state index in [1.54, 1.807) is 7.05 Å². The molecule has 0 radical (unpaired) electrons. The van der Waals surface area contributed by atoms with Gasteiger partial charge in [0.1, 0.15) is 5.75 Å². The maximum Gasteiger partial charge on any atom is 0.232 e. The second-order valence-corrected chi connectivity index (χ2v) is 7.09. The molecule has 7 nitrogen and oxygen atoms in total. The molecule has 0 unspecified atom stereocenters. The van der Waals surface area contributed by atoms with E-state index in [1.165, 1.54) is 5.56 Å². The first-order valence-corrected chi connectivity index (χ1v) is 8.83. The topological polar surface area (TPSA) is 84.6 Å². The molecule has 1 aromatic carbocycles. The van der Waals surface area contributed by atoms with Gasteiger partial charge >= 0.3 is 0 Å². The molecule has 0 saturated carbocycles. The number of aryl methyl sites for hydroxylation is 1. The van der Waals surface area contributed by atoms with Crippen LogP contribution in [0.15, 0.2) is 27.7 Å². The highest BCUT2D eigenvalue weighted by Gasteiger charge is 2.21. The first-order chi connectivity index (χ1) is 12.3. The van der Waals surface area contributed by atoms with Gasteiger partial charge in [0.15, 0.2) is 11.8 Å². The minimum absolute atomic E-state index is 0. The minimum atomic E-state index is -0.160. The molecular formula is C19H30IN5O2. The van der Waals surface area contributed by atoms with E-state index < -0.39 is 0 Å². The maximum absolute atomic E-state index is 5.71.